The van der Waals surface area contributed by atoms with Crippen LogP contribution in [0.5, 0.6) is 0 Å². The zero-order chi connectivity index (χ0) is 22.2. The Morgan fingerprint density at radius 2 is 2.19 bits per heavy atom. The summed E-state index contributed by atoms with van der Waals surface area (Å²) in [4.78, 5) is 22.9. The van der Waals surface area contributed by atoms with Crippen molar-refractivity contribution in [2.45, 2.75) is 32.7 Å². The first-order chi connectivity index (χ1) is 15.0. The molecule has 1 aliphatic rings. The summed E-state index contributed by atoms with van der Waals surface area (Å²) < 4.78 is 14.0. The monoisotopic (exact) mass is 446 g/mol. The van der Waals surface area contributed by atoms with Crippen molar-refractivity contribution < 1.29 is 9.18 Å². The highest BCUT2D eigenvalue weighted by Gasteiger charge is 2.25. The lowest BCUT2D eigenvalue weighted by molar-refractivity contribution is -0.116. The number of carbonyl (C=O) groups is 1. The molecule has 1 aliphatic heterocycles. The Morgan fingerprint density at radius 3 is 2.97 bits per heavy atom. The van der Waals surface area contributed by atoms with Gasteiger partial charge in [-0.05, 0) is 50.1 Å². The first-order valence-corrected chi connectivity index (χ1v) is 10.8. The minimum absolute atomic E-state index is 0.113. The van der Waals surface area contributed by atoms with Gasteiger partial charge < -0.3 is 20.9 Å². The average Bonchev–Trinajstić information content (AvgIpc) is 3.20. The molecule has 3 rings (SSSR count). The number of pyridine rings is 1. The third kappa shape index (κ3) is 6.30. The van der Waals surface area contributed by atoms with Crippen LogP contribution in [0.25, 0.3) is 0 Å². The van der Waals surface area contributed by atoms with Crippen molar-refractivity contribution in [1.82, 2.24) is 15.6 Å². The smallest absolute Gasteiger partial charge is 0.226 e. The number of nitrogens with one attached hydrogen (secondary N) is 3. The zero-order valence-electron chi connectivity index (χ0n) is 17.8. The molecule has 9 heteroatoms. The van der Waals surface area contributed by atoms with Gasteiger partial charge in [0.15, 0.2) is 17.6 Å². The van der Waals surface area contributed by atoms with Crippen LogP contribution in [-0.2, 0) is 4.79 Å². The van der Waals surface area contributed by atoms with Gasteiger partial charge in [-0.15, -0.1) is 0 Å². The summed E-state index contributed by atoms with van der Waals surface area (Å²) in [5, 5.41) is 10.1. The lowest BCUT2D eigenvalue weighted by atomic mass is 10.2. The molecule has 1 aromatic carbocycles. The molecule has 7 nitrogen and oxygen atoms in total. The molecule has 0 aliphatic carbocycles. The number of halogens is 2. The normalized spacial score (nSPS) is 16.3. The van der Waals surface area contributed by atoms with Crippen LogP contribution in [0.15, 0.2) is 41.5 Å². The van der Waals surface area contributed by atoms with Crippen molar-refractivity contribution in [3.8, 4) is 0 Å². The molecule has 1 fully saturated rings. The summed E-state index contributed by atoms with van der Waals surface area (Å²) in [7, 11) is 0. The van der Waals surface area contributed by atoms with E-state index in [1.54, 1.807) is 24.4 Å². The molecule has 1 saturated heterocycles. The Labute approximate surface area is 187 Å². The molecular weight excluding hydrogens is 419 g/mol. The number of hydrogen-bond donors (Lipinski definition) is 3. The Morgan fingerprint density at radius 1 is 1.35 bits per heavy atom. The number of anilines is 2. The molecule has 0 bridgehead atoms. The molecule has 0 radical (unpaired) electrons. The molecule has 31 heavy (non-hydrogen) atoms. The Bertz CT molecular complexity index is 938. The SMILES string of the molecule is CCNC(=NCCC(=O)Nc1cccc(Cl)c1C)NC1CCN(c2ncccc2F)C1. The van der Waals surface area contributed by atoms with E-state index in [2.05, 4.69) is 25.9 Å². The van der Waals surface area contributed by atoms with E-state index in [0.29, 0.717) is 48.7 Å². The molecule has 1 aromatic heterocycles. The molecule has 0 spiro atoms. The van der Waals surface area contributed by atoms with E-state index >= 15 is 0 Å². The predicted molar refractivity (Wildman–Crippen MR) is 123 cm³/mol. The first-order valence-electron chi connectivity index (χ1n) is 10.4. The second-order valence-corrected chi connectivity index (χ2v) is 7.76. The van der Waals surface area contributed by atoms with Crippen molar-refractivity contribution in [2.24, 2.45) is 4.99 Å². The van der Waals surface area contributed by atoms with E-state index in [1.165, 1.54) is 6.07 Å². The minimum Gasteiger partial charge on any atom is -0.357 e. The summed E-state index contributed by atoms with van der Waals surface area (Å²) in [6.07, 6.45) is 2.69. The number of nitrogens with zero attached hydrogens (tertiary/aromatic N) is 3. The van der Waals surface area contributed by atoms with Gasteiger partial charge in [-0.25, -0.2) is 9.37 Å². The maximum absolute atomic E-state index is 14.0. The largest absolute Gasteiger partial charge is 0.357 e. The molecule has 1 atom stereocenters. The van der Waals surface area contributed by atoms with Crippen LogP contribution >= 0.6 is 11.6 Å². The Kier molecular flexibility index (Phi) is 8.06. The number of benzene rings is 1. The summed E-state index contributed by atoms with van der Waals surface area (Å²) in [6.45, 7) is 6.23. The van der Waals surface area contributed by atoms with Crippen molar-refractivity contribution in [2.75, 3.05) is 36.4 Å². The number of amides is 1. The summed E-state index contributed by atoms with van der Waals surface area (Å²) in [5.41, 5.74) is 1.55. The lowest BCUT2D eigenvalue weighted by Gasteiger charge is -2.20. The summed E-state index contributed by atoms with van der Waals surface area (Å²) in [6, 6.07) is 8.54. The first kappa shape index (κ1) is 22.8. The van der Waals surface area contributed by atoms with Crippen LogP contribution in [0.4, 0.5) is 15.9 Å². The highest BCUT2D eigenvalue weighted by atomic mass is 35.5. The van der Waals surface area contributed by atoms with E-state index in [4.69, 9.17) is 11.6 Å². The third-order valence-corrected chi connectivity index (χ3v) is 5.47. The number of aromatic nitrogens is 1. The molecule has 3 N–H and O–H groups in total. The van der Waals surface area contributed by atoms with Gasteiger partial charge in [0, 0.05) is 49.0 Å². The molecule has 0 saturated carbocycles. The maximum Gasteiger partial charge on any atom is 0.226 e. The molecule has 2 aromatic rings. The van der Waals surface area contributed by atoms with E-state index in [9.17, 15) is 9.18 Å². The highest BCUT2D eigenvalue weighted by Crippen LogP contribution is 2.23. The van der Waals surface area contributed by atoms with Gasteiger partial charge in [0.25, 0.3) is 0 Å². The van der Waals surface area contributed by atoms with Crippen LogP contribution in [-0.4, -0.2) is 49.1 Å². The summed E-state index contributed by atoms with van der Waals surface area (Å²) >= 11 is 6.10. The quantitative estimate of drug-likeness (QED) is 0.449. The highest BCUT2D eigenvalue weighted by molar-refractivity contribution is 6.31. The van der Waals surface area contributed by atoms with Crippen LogP contribution in [0, 0.1) is 12.7 Å². The van der Waals surface area contributed by atoms with Gasteiger partial charge in [0.1, 0.15) is 0 Å². The molecule has 2 heterocycles. The van der Waals surface area contributed by atoms with E-state index in [1.807, 2.05) is 24.8 Å². The fraction of sp³-hybridized carbons (Fsp3) is 0.409. The zero-order valence-corrected chi connectivity index (χ0v) is 18.5. The van der Waals surface area contributed by atoms with Crippen molar-refractivity contribution >= 4 is 35.0 Å². The number of guanidine groups is 1. The van der Waals surface area contributed by atoms with Gasteiger partial charge in [0.2, 0.25) is 5.91 Å². The predicted octanol–water partition coefficient (Wildman–Crippen LogP) is 3.35. The third-order valence-electron chi connectivity index (χ3n) is 5.06. The van der Waals surface area contributed by atoms with Crippen LogP contribution in [0.2, 0.25) is 5.02 Å². The lowest BCUT2D eigenvalue weighted by Crippen LogP contribution is -2.44. The van der Waals surface area contributed by atoms with Gasteiger partial charge in [-0.3, -0.25) is 9.79 Å². The fourth-order valence-corrected chi connectivity index (χ4v) is 3.59. The van der Waals surface area contributed by atoms with E-state index in [0.717, 1.165) is 12.0 Å². The van der Waals surface area contributed by atoms with Gasteiger partial charge in [-0.1, -0.05) is 17.7 Å². The van der Waals surface area contributed by atoms with Crippen molar-refractivity contribution in [3.05, 3.63) is 52.9 Å². The number of carbonyl (C=O) groups excluding carboxylic acids is 1. The van der Waals surface area contributed by atoms with Crippen LogP contribution in [0.3, 0.4) is 0 Å². The molecule has 1 amide bonds. The molecule has 1 unspecified atom stereocenters. The number of hydrogen-bond acceptors (Lipinski definition) is 4. The maximum atomic E-state index is 14.0. The van der Waals surface area contributed by atoms with Crippen LogP contribution in [0.1, 0.15) is 25.3 Å². The molecular formula is C22H28ClFN6O. The van der Waals surface area contributed by atoms with Gasteiger partial charge in [0.05, 0.1) is 6.54 Å². The van der Waals surface area contributed by atoms with Crippen molar-refractivity contribution in [1.29, 1.82) is 0 Å². The standard InChI is InChI=1S/C22H28ClFN6O/c1-3-25-22(27-12-9-20(31)29-19-8-4-6-17(23)15(19)2)28-16-10-13-30(14-16)21-18(24)7-5-11-26-21/h4-8,11,16H,3,9-10,12-14H2,1-2H3,(H,29,31)(H2,25,27,28). The van der Waals surface area contributed by atoms with Crippen LogP contribution < -0.4 is 20.9 Å². The average molecular weight is 447 g/mol. The second-order valence-electron chi connectivity index (χ2n) is 7.36. The minimum atomic E-state index is -0.315. The van der Waals surface area contributed by atoms with E-state index in [-0.39, 0.29) is 24.2 Å². The number of aliphatic imine (C=N–C) groups is 1. The van der Waals surface area contributed by atoms with Gasteiger partial charge >= 0.3 is 0 Å². The molecule has 166 valence electrons. The number of rotatable bonds is 7. The second kappa shape index (κ2) is 10.9. The Hall–Kier alpha value is -2.87. The summed E-state index contributed by atoms with van der Waals surface area (Å²) in [5.74, 6) is 0.580. The topological polar surface area (TPSA) is 81.6 Å². The van der Waals surface area contributed by atoms with Crippen molar-refractivity contribution in [3.63, 3.8) is 0 Å². The van der Waals surface area contributed by atoms with E-state index < -0.39 is 0 Å². The van der Waals surface area contributed by atoms with Gasteiger partial charge in [-0.2, -0.15) is 0 Å². The Balaban J connectivity index is 1.51. The fourth-order valence-electron chi connectivity index (χ4n) is 3.42.